The minimum Gasteiger partial charge on any atom is -0.494 e. The molecule has 1 N–H and O–H groups in total. The summed E-state index contributed by atoms with van der Waals surface area (Å²) >= 11 is 0. The SMILES string of the molecule is Cc1ccc(OCCCOCCNCc2ccccc2)cc1. The van der Waals surface area contributed by atoms with Gasteiger partial charge in [-0.05, 0) is 24.6 Å². The van der Waals surface area contributed by atoms with Crippen LogP contribution in [0, 0.1) is 6.92 Å². The Bertz CT molecular complexity index is 511. The molecule has 2 aromatic carbocycles. The van der Waals surface area contributed by atoms with Crippen LogP contribution in [0.25, 0.3) is 0 Å². The molecule has 0 aliphatic heterocycles. The molecule has 0 spiro atoms. The van der Waals surface area contributed by atoms with Gasteiger partial charge in [0.1, 0.15) is 5.75 Å². The van der Waals surface area contributed by atoms with Crippen molar-refractivity contribution in [1.29, 1.82) is 0 Å². The average Bonchev–Trinajstić information content (AvgIpc) is 2.56. The van der Waals surface area contributed by atoms with E-state index in [-0.39, 0.29) is 0 Å². The predicted molar refractivity (Wildman–Crippen MR) is 90.3 cm³/mol. The summed E-state index contributed by atoms with van der Waals surface area (Å²) in [5, 5.41) is 3.37. The molecule has 0 fully saturated rings. The summed E-state index contributed by atoms with van der Waals surface area (Å²) < 4.78 is 11.2. The zero-order chi connectivity index (χ0) is 15.5. The molecule has 2 rings (SSSR count). The van der Waals surface area contributed by atoms with E-state index in [9.17, 15) is 0 Å². The van der Waals surface area contributed by atoms with Gasteiger partial charge in [0.2, 0.25) is 0 Å². The molecule has 0 aromatic heterocycles. The number of rotatable bonds is 10. The van der Waals surface area contributed by atoms with Crippen molar-refractivity contribution in [2.45, 2.75) is 19.9 Å². The smallest absolute Gasteiger partial charge is 0.119 e. The summed E-state index contributed by atoms with van der Waals surface area (Å²) in [7, 11) is 0. The molecular weight excluding hydrogens is 274 g/mol. The van der Waals surface area contributed by atoms with Crippen LogP contribution >= 0.6 is 0 Å². The maximum atomic E-state index is 5.65. The molecule has 0 saturated heterocycles. The fourth-order valence-corrected chi connectivity index (χ4v) is 2.06. The Labute approximate surface area is 133 Å². The van der Waals surface area contributed by atoms with Gasteiger partial charge in [-0.25, -0.2) is 0 Å². The van der Waals surface area contributed by atoms with Gasteiger partial charge in [0.25, 0.3) is 0 Å². The second kappa shape index (κ2) is 9.98. The molecule has 118 valence electrons. The molecule has 2 aromatic rings. The van der Waals surface area contributed by atoms with E-state index in [0.29, 0.717) is 6.61 Å². The van der Waals surface area contributed by atoms with Crippen molar-refractivity contribution < 1.29 is 9.47 Å². The molecule has 0 heterocycles. The largest absolute Gasteiger partial charge is 0.494 e. The average molecular weight is 299 g/mol. The van der Waals surface area contributed by atoms with Gasteiger partial charge in [-0.2, -0.15) is 0 Å². The second-order valence-corrected chi connectivity index (χ2v) is 5.29. The van der Waals surface area contributed by atoms with Crippen LogP contribution in [0.2, 0.25) is 0 Å². The first kappa shape index (κ1) is 16.5. The van der Waals surface area contributed by atoms with E-state index in [2.05, 4.69) is 48.6 Å². The van der Waals surface area contributed by atoms with E-state index in [0.717, 1.165) is 38.5 Å². The lowest BCUT2D eigenvalue weighted by atomic mass is 10.2. The quantitative estimate of drug-likeness (QED) is 0.680. The number of hydrogen-bond donors (Lipinski definition) is 1. The summed E-state index contributed by atoms with van der Waals surface area (Å²) in [5.74, 6) is 0.926. The van der Waals surface area contributed by atoms with Crippen molar-refractivity contribution in [3.05, 3.63) is 65.7 Å². The summed E-state index contributed by atoms with van der Waals surface area (Å²) in [4.78, 5) is 0. The van der Waals surface area contributed by atoms with E-state index < -0.39 is 0 Å². The minimum atomic E-state index is 0.695. The molecule has 0 unspecified atom stereocenters. The van der Waals surface area contributed by atoms with Gasteiger partial charge in [-0.15, -0.1) is 0 Å². The van der Waals surface area contributed by atoms with E-state index in [4.69, 9.17) is 9.47 Å². The van der Waals surface area contributed by atoms with Gasteiger partial charge < -0.3 is 14.8 Å². The Balaban J connectivity index is 1.42. The van der Waals surface area contributed by atoms with Crippen LogP contribution in [0.3, 0.4) is 0 Å². The summed E-state index contributed by atoms with van der Waals surface area (Å²) in [5.41, 5.74) is 2.55. The monoisotopic (exact) mass is 299 g/mol. The lowest BCUT2D eigenvalue weighted by Gasteiger charge is -2.08. The lowest BCUT2D eigenvalue weighted by molar-refractivity contribution is 0.121. The van der Waals surface area contributed by atoms with Crippen molar-refractivity contribution in [3.63, 3.8) is 0 Å². The fourth-order valence-electron chi connectivity index (χ4n) is 2.06. The molecule has 0 radical (unpaired) electrons. The van der Waals surface area contributed by atoms with Crippen LogP contribution in [0.5, 0.6) is 5.75 Å². The van der Waals surface area contributed by atoms with E-state index in [1.807, 2.05) is 18.2 Å². The first-order valence-corrected chi connectivity index (χ1v) is 7.86. The highest BCUT2D eigenvalue weighted by atomic mass is 16.5. The highest BCUT2D eigenvalue weighted by Crippen LogP contribution is 2.11. The Hall–Kier alpha value is -1.84. The van der Waals surface area contributed by atoms with Crippen molar-refractivity contribution in [2.75, 3.05) is 26.4 Å². The van der Waals surface area contributed by atoms with Gasteiger partial charge in [0.15, 0.2) is 0 Å². The highest BCUT2D eigenvalue weighted by molar-refractivity contribution is 5.26. The molecule has 3 nitrogen and oxygen atoms in total. The molecule has 0 atom stereocenters. The van der Waals surface area contributed by atoms with Crippen LogP contribution in [0.15, 0.2) is 54.6 Å². The van der Waals surface area contributed by atoms with Crippen LogP contribution in [-0.2, 0) is 11.3 Å². The lowest BCUT2D eigenvalue weighted by Crippen LogP contribution is -2.19. The predicted octanol–water partition coefficient (Wildman–Crippen LogP) is 3.57. The first-order valence-electron chi connectivity index (χ1n) is 7.86. The number of aryl methyl sites for hydroxylation is 1. The Morgan fingerprint density at radius 3 is 2.41 bits per heavy atom. The molecule has 0 saturated carbocycles. The minimum absolute atomic E-state index is 0.695. The number of hydrogen-bond acceptors (Lipinski definition) is 3. The second-order valence-electron chi connectivity index (χ2n) is 5.29. The van der Waals surface area contributed by atoms with Crippen LogP contribution in [0.4, 0.5) is 0 Å². The zero-order valence-corrected chi connectivity index (χ0v) is 13.3. The van der Waals surface area contributed by atoms with Gasteiger partial charge in [-0.3, -0.25) is 0 Å². The van der Waals surface area contributed by atoms with Gasteiger partial charge >= 0.3 is 0 Å². The third-order valence-electron chi connectivity index (χ3n) is 3.32. The Kier molecular flexibility index (Phi) is 7.50. The van der Waals surface area contributed by atoms with Gasteiger partial charge in [-0.1, -0.05) is 48.0 Å². The molecule has 0 aliphatic rings. The van der Waals surface area contributed by atoms with Crippen molar-refractivity contribution >= 4 is 0 Å². The summed E-state index contributed by atoms with van der Waals surface area (Å²) in [6.07, 6.45) is 0.909. The standard InChI is InChI=1S/C19H25NO2/c1-17-8-10-19(11-9-17)22-14-5-13-21-15-12-20-16-18-6-3-2-4-7-18/h2-4,6-11,20H,5,12-16H2,1H3. The Morgan fingerprint density at radius 2 is 1.64 bits per heavy atom. The van der Waals surface area contributed by atoms with Crippen LogP contribution in [-0.4, -0.2) is 26.4 Å². The van der Waals surface area contributed by atoms with Crippen LogP contribution < -0.4 is 10.1 Å². The fraction of sp³-hybridized carbons (Fsp3) is 0.368. The van der Waals surface area contributed by atoms with E-state index in [1.165, 1.54) is 11.1 Å². The third kappa shape index (κ3) is 6.74. The molecule has 0 amide bonds. The van der Waals surface area contributed by atoms with Crippen molar-refractivity contribution in [2.24, 2.45) is 0 Å². The third-order valence-corrected chi connectivity index (χ3v) is 3.32. The maximum absolute atomic E-state index is 5.65. The van der Waals surface area contributed by atoms with Crippen LogP contribution in [0.1, 0.15) is 17.5 Å². The Morgan fingerprint density at radius 1 is 0.864 bits per heavy atom. The normalized spacial score (nSPS) is 10.6. The number of ether oxygens (including phenoxy) is 2. The molecule has 0 bridgehead atoms. The molecule has 22 heavy (non-hydrogen) atoms. The summed E-state index contributed by atoms with van der Waals surface area (Å²) in [6.45, 7) is 5.99. The van der Waals surface area contributed by atoms with Crippen molar-refractivity contribution in [3.8, 4) is 5.75 Å². The van der Waals surface area contributed by atoms with E-state index >= 15 is 0 Å². The number of benzene rings is 2. The topological polar surface area (TPSA) is 30.5 Å². The number of nitrogens with one attached hydrogen (secondary N) is 1. The van der Waals surface area contributed by atoms with Gasteiger partial charge in [0, 0.05) is 26.1 Å². The highest BCUT2D eigenvalue weighted by Gasteiger charge is 1.95. The van der Waals surface area contributed by atoms with Gasteiger partial charge in [0.05, 0.1) is 13.2 Å². The first-order chi connectivity index (χ1) is 10.8. The van der Waals surface area contributed by atoms with Crippen molar-refractivity contribution in [1.82, 2.24) is 5.32 Å². The van der Waals surface area contributed by atoms with E-state index in [1.54, 1.807) is 0 Å². The molecule has 0 aliphatic carbocycles. The maximum Gasteiger partial charge on any atom is 0.119 e. The molecular formula is C19H25NO2. The zero-order valence-electron chi connectivity index (χ0n) is 13.3. The summed E-state index contributed by atoms with van der Waals surface area (Å²) in [6, 6.07) is 18.5. The molecule has 3 heteroatoms.